The average molecular weight is 244 g/mol. The molecule has 1 aliphatic rings. The summed E-state index contributed by atoms with van der Waals surface area (Å²) in [7, 11) is 0. The van der Waals surface area contributed by atoms with Crippen molar-refractivity contribution in [2.45, 2.75) is 17.9 Å². The monoisotopic (exact) mass is 243 g/mol. The second-order valence-electron chi connectivity index (χ2n) is 3.70. The Bertz CT molecular complexity index is 315. The Kier molecular flexibility index (Phi) is 4.23. The summed E-state index contributed by atoms with van der Waals surface area (Å²) in [6.07, 6.45) is 4.12. The molecule has 1 fully saturated rings. The normalized spacial score (nSPS) is 21.5. The Morgan fingerprint density at radius 1 is 1.53 bits per heavy atom. The molecular formula is C10H14ClN3S. The Labute approximate surface area is 99.0 Å². The van der Waals surface area contributed by atoms with Crippen molar-refractivity contribution < 1.29 is 0 Å². The summed E-state index contributed by atoms with van der Waals surface area (Å²) in [6, 6.07) is 1.82. The maximum atomic E-state index is 5.79. The molecule has 0 radical (unpaired) electrons. The molecule has 0 bridgehead atoms. The molecule has 2 heterocycles. The van der Waals surface area contributed by atoms with Gasteiger partial charge in [0.1, 0.15) is 16.5 Å². The van der Waals surface area contributed by atoms with Crippen molar-refractivity contribution in [1.29, 1.82) is 0 Å². The number of rotatable bonds is 3. The molecule has 0 saturated carbocycles. The minimum absolute atomic E-state index is 0.522. The maximum Gasteiger partial charge on any atom is 0.133 e. The van der Waals surface area contributed by atoms with Crippen molar-refractivity contribution in [2.24, 2.45) is 5.92 Å². The van der Waals surface area contributed by atoms with Gasteiger partial charge in [0.25, 0.3) is 0 Å². The number of aromatic nitrogens is 2. The van der Waals surface area contributed by atoms with E-state index >= 15 is 0 Å². The van der Waals surface area contributed by atoms with Gasteiger partial charge in [0, 0.05) is 11.8 Å². The molecule has 1 atom stereocenters. The second kappa shape index (κ2) is 5.68. The molecule has 0 spiro atoms. The Balaban J connectivity index is 1.81. The molecule has 1 saturated heterocycles. The predicted molar refractivity (Wildman–Crippen MR) is 63.4 cm³/mol. The third kappa shape index (κ3) is 3.63. The number of hydrogen-bond acceptors (Lipinski definition) is 4. The zero-order chi connectivity index (χ0) is 10.5. The molecule has 2 rings (SSSR count). The summed E-state index contributed by atoms with van der Waals surface area (Å²) in [6.45, 7) is 2.30. The first-order valence-corrected chi connectivity index (χ1v) is 6.52. The predicted octanol–water partition coefficient (Wildman–Crippen LogP) is 2.22. The van der Waals surface area contributed by atoms with E-state index in [0.717, 1.165) is 23.2 Å². The number of hydrogen-bond donors (Lipinski definition) is 1. The van der Waals surface area contributed by atoms with Gasteiger partial charge in [0.2, 0.25) is 0 Å². The van der Waals surface area contributed by atoms with Gasteiger partial charge in [-0.05, 0) is 31.8 Å². The van der Waals surface area contributed by atoms with Crippen LogP contribution in [0.25, 0.3) is 0 Å². The molecule has 1 N–H and O–H groups in total. The zero-order valence-electron chi connectivity index (χ0n) is 8.45. The molecule has 0 unspecified atom stereocenters. The molecule has 1 aromatic rings. The molecule has 15 heavy (non-hydrogen) atoms. The molecule has 1 aliphatic heterocycles. The summed E-state index contributed by atoms with van der Waals surface area (Å²) < 4.78 is 0. The topological polar surface area (TPSA) is 37.8 Å². The highest BCUT2D eigenvalue weighted by Gasteiger charge is 2.13. The van der Waals surface area contributed by atoms with Crippen LogP contribution in [0.5, 0.6) is 0 Å². The first-order valence-electron chi connectivity index (χ1n) is 5.15. The van der Waals surface area contributed by atoms with E-state index in [0.29, 0.717) is 5.15 Å². The number of thioether (sulfide) groups is 1. The van der Waals surface area contributed by atoms with Crippen molar-refractivity contribution in [1.82, 2.24) is 15.3 Å². The van der Waals surface area contributed by atoms with Crippen LogP contribution < -0.4 is 5.32 Å². The van der Waals surface area contributed by atoms with Crippen LogP contribution in [0, 0.1) is 5.92 Å². The number of halogens is 1. The Hall–Kier alpha value is -0.320. The van der Waals surface area contributed by atoms with Crippen LogP contribution in [-0.2, 0) is 0 Å². The van der Waals surface area contributed by atoms with E-state index in [-0.39, 0.29) is 0 Å². The highest BCUT2D eigenvalue weighted by Crippen LogP contribution is 2.23. The summed E-state index contributed by atoms with van der Waals surface area (Å²) in [5.41, 5.74) is 0. The van der Waals surface area contributed by atoms with E-state index in [1.54, 1.807) is 11.8 Å². The van der Waals surface area contributed by atoms with Crippen molar-refractivity contribution in [3.63, 3.8) is 0 Å². The lowest BCUT2D eigenvalue weighted by molar-refractivity contribution is 0.410. The smallest absolute Gasteiger partial charge is 0.133 e. The number of piperidine rings is 1. The Morgan fingerprint density at radius 3 is 3.20 bits per heavy atom. The van der Waals surface area contributed by atoms with Gasteiger partial charge in [-0.15, -0.1) is 11.8 Å². The number of nitrogens with zero attached hydrogens (tertiary/aromatic N) is 2. The minimum Gasteiger partial charge on any atom is -0.316 e. The van der Waals surface area contributed by atoms with Crippen LogP contribution >= 0.6 is 23.4 Å². The SMILES string of the molecule is Clc1cc(SC[C@@H]2CCCNC2)ncn1. The highest BCUT2D eigenvalue weighted by molar-refractivity contribution is 7.99. The minimum atomic E-state index is 0.522. The van der Waals surface area contributed by atoms with E-state index in [4.69, 9.17) is 11.6 Å². The fourth-order valence-corrected chi connectivity index (χ4v) is 2.89. The maximum absolute atomic E-state index is 5.79. The second-order valence-corrected chi connectivity index (χ2v) is 5.13. The highest BCUT2D eigenvalue weighted by atomic mass is 35.5. The third-order valence-corrected chi connectivity index (χ3v) is 3.84. The fourth-order valence-electron chi connectivity index (χ4n) is 1.67. The van der Waals surface area contributed by atoms with Gasteiger partial charge in [-0.3, -0.25) is 0 Å². The van der Waals surface area contributed by atoms with Crippen LogP contribution in [-0.4, -0.2) is 28.8 Å². The van der Waals surface area contributed by atoms with E-state index in [2.05, 4.69) is 15.3 Å². The van der Waals surface area contributed by atoms with Gasteiger partial charge in [-0.25, -0.2) is 9.97 Å². The standard InChI is InChI=1S/C10H14ClN3S/c11-9-4-10(14-7-13-9)15-6-8-2-1-3-12-5-8/h4,7-8,12H,1-3,5-6H2/t8-/m1/s1. The summed E-state index contributed by atoms with van der Waals surface area (Å²) in [5, 5.41) is 4.91. The summed E-state index contributed by atoms with van der Waals surface area (Å²) in [5.74, 6) is 1.87. The van der Waals surface area contributed by atoms with Gasteiger partial charge in [-0.2, -0.15) is 0 Å². The lowest BCUT2D eigenvalue weighted by Crippen LogP contribution is -2.30. The largest absolute Gasteiger partial charge is 0.316 e. The molecule has 1 aromatic heterocycles. The van der Waals surface area contributed by atoms with E-state index in [1.165, 1.54) is 25.7 Å². The van der Waals surface area contributed by atoms with Crippen LogP contribution in [0.15, 0.2) is 17.4 Å². The van der Waals surface area contributed by atoms with E-state index in [1.807, 2.05) is 6.07 Å². The Morgan fingerprint density at radius 2 is 2.47 bits per heavy atom. The molecule has 0 aromatic carbocycles. The molecule has 5 heteroatoms. The van der Waals surface area contributed by atoms with Gasteiger partial charge in [0.05, 0.1) is 0 Å². The van der Waals surface area contributed by atoms with Crippen molar-refractivity contribution in [3.05, 3.63) is 17.5 Å². The lowest BCUT2D eigenvalue weighted by Gasteiger charge is -2.21. The van der Waals surface area contributed by atoms with Crippen molar-refractivity contribution in [3.8, 4) is 0 Å². The lowest BCUT2D eigenvalue weighted by atomic mass is 10.0. The van der Waals surface area contributed by atoms with Crippen molar-refractivity contribution >= 4 is 23.4 Å². The fraction of sp³-hybridized carbons (Fsp3) is 0.600. The number of nitrogens with one attached hydrogen (secondary N) is 1. The van der Waals surface area contributed by atoms with Crippen LogP contribution in [0.1, 0.15) is 12.8 Å². The van der Waals surface area contributed by atoms with Gasteiger partial charge < -0.3 is 5.32 Å². The molecule has 3 nitrogen and oxygen atoms in total. The summed E-state index contributed by atoms with van der Waals surface area (Å²) in [4.78, 5) is 8.03. The first kappa shape index (κ1) is 11.2. The molecule has 0 amide bonds. The van der Waals surface area contributed by atoms with E-state index in [9.17, 15) is 0 Å². The van der Waals surface area contributed by atoms with Crippen LogP contribution in [0.3, 0.4) is 0 Å². The zero-order valence-corrected chi connectivity index (χ0v) is 10.0. The van der Waals surface area contributed by atoms with Crippen LogP contribution in [0.2, 0.25) is 5.15 Å². The molecule has 82 valence electrons. The van der Waals surface area contributed by atoms with E-state index < -0.39 is 0 Å². The molecular weight excluding hydrogens is 230 g/mol. The van der Waals surface area contributed by atoms with Gasteiger partial charge >= 0.3 is 0 Å². The van der Waals surface area contributed by atoms with Gasteiger partial charge in [0.15, 0.2) is 0 Å². The van der Waals surface area contributed by atoms with Gasteiger partial charge in [-0.1, -0.05) is 11.6 Å². The average Bonchev–Trinajstić information content (AvgIpc) is 2.28. The van der Waals surface area contributed by atoms with Crippen molar-refractivity contribution in [2.75, 3.05) is 18.8 Å². The van der Waals surface area contributed by atoms with Crippen LogP contribution in [0.4, 0.5) is 0 Å². The molecule has 0 aliphatic carbocycles. The quantitative estimate of drug-likeness (QED) is 0.653. The first-order chi connectivity index (χ1) is 7.34. The summed E-state index contributed by atoms with van der Waals surface area (Å²) >= 11 is 7.56. The third-order valence-electron chi connectivity index (χ3n) is 2.47.